The van der Waals surface area contributed by atoms with Gasteiger partial charge >= 0.3 is 0 Å². The van der Waals surface area contributed by atoms with Crippen LogP contribution >= 0.6 is 22.7 Å². The number of rotatable bonds is 4. The molecular weight excluding hydrogens is 328 g/mol. The summed E-state index contributed by atoms with van der Waals surface area (Å²) in [6.45, 7) is 4.02. The fourth-order valence-electron chi connectivity index (χ4n) is 2.86. The van der Waals surface area contributed by atoms with Crippen LogP contribution in [-0.4, -0.2) is 20.7 Å². The summed E-state index contributed by atoms with van der Waals surface area (Å²) in [6, 6.07) is 2.00. The van der Waals surface area contributed by atoms with Crippen molar-refractivity contribution in [2.45, 2.75) is 32.7 Å². The highest BCUT2D eigenvalue weighted by atomic mass is 32.1. The van der Waals surface area contributed by atoms with Crippen molar-refractivity contribution in [3.8, 4) is 0 Å². The number of fused-ring (bicyclic) bond motifs is 1. The standard InChI is InChI=1S/C16H18N4OS2/c1-8-7-17-15(22-8)13(10-4-5-10)18-14(21)12-6-11-9(2)19-20(3)16(11)23-12/h6-7,10,13H,4-5H2,1-3H3,(H,18,21)/t13-/m1/s1. The maximum absolute atomic E-state index is 12.7. The molecule has 23 heavy (non-hydrogen) atoms. The van der Waals surface area contributed by atoms with Gasteiger partial charge in [0.2, 0.25) is 0 Å². The molecule has 1 fully saturated rings. The van der Waals surface area contributed by atoms with Crippen LogP contribution in [0.2, 0.25) is 0 Å². The minimum absolute atomic E-state index is 0.00430. The molecular formula is C16H18N4OS2. The summed E-state index contributed by atoms with van der Waals surface area (Å²) in [5.74, 6) is 0.526. The number of aryl methyl sites for hydroxylation is 3. The van der Waals surface area contributed by atoms with Crippen LogP contribution in [0.25, 0.3) is 10.2 Å². The Morgan fingerprint density at radius 3 is 2.78 bits per heavy atom. The largest absolute Gasteiger partial charge is 0.342 e. The van der Waals surface area contributed by atoms with Crippen molar-refractivity contribution >= 4 is 38.8 Å². The number of carbonyl (C=O) groups is 1. The third-order valence-corrected chi connectivity index (χ3v) is 6.40. The second-order valence-electron chi connectivity index (χ2n) is 6.14. The summed E-state index contributed by atoms with van der Waals surface area (Å²) in [7, 11) is 1.92. The smallest absolute Gasteiger partial charge is 0.262 e. The molecule has 120 valence electrons. The van der Waals surface area contributed by atoms with Crippen LogP contribution < -0.4 is 5.32 Å². The fraction of sp³-hybridized carbons (Fsp3) is 0.438. The van der Waals surface area contributed by atoms with Crippen molar-refractivity contribution in [2.75, 3.05) is 0 Å². The Kier molecular flexibility index (Phi) is 3.50. The maximum atomic E-state index is 12.7. The van der Waals surface area contributed by atoms with Crippen LogP contribution in [0.5, 0.6) is 0 Å². The molecule has 5 nitrogen and oxygen atoms in total. The highest BCUT2D eigenvalue weighted by Crippen LogP contribution is 2.42. The number of amides is 1. The molecule has 0 aromatic carbocycles. The van der Waals surface area contributed by atoms with Crippen LogP contribution in [0.3, 0.4) is 0 Å². The van der Waals surface area contributed by atoms with Crippen molar-refractivity contribution in [2.24, 2.45) is 13.0 Å². The van der Waals surface area contributed by atoms with Gasteiger partial charge in [-0.15, -0.1) is 22.7 Å². The molecule has 1 saturated carbocycles. The minimum atomic E-state index is -0.00430. The number of aromatic nitrogens is 3. The van der Waals surface area contributed by atoms with Gasteiger partial charge in [0.1, 0.15) is 9.84 Å². The molecule has 0 bridgehead atoms. The summed E-state index contributed by atoms with van der Waals surface area (Å²) in [6.07, 6.45) is 4.22. The number of hydrogen-bond acceptors (Lipinski definition) is 5. The Bertz CT molecular complexity index is 853. The first-order valence-corrected chi connectivity index (χ1v) is 9.32. The Labute approximate surface area is 142 Å². The van der Waals surface area contributed by atoms with Gasteiger partial charge in [0.25, 0.3) is 5.91 Å². The average Bonchev–Trinajstić information content (AvgIpc) is 2.99. The molecule has 0 spiro atoms. The van der Waals surface area contributed by atoms with E-state index in [1.54, 1.807) is 11.3 Å². The Morgan fingerprint density at radius 2 is 2.17 bits per heavy atom. The number of thiophene rings is 1. The van der Waals surface area contributed by atoms with E-state index in [2.05, 4.69) is 22.3 Å². The number of nitrogens with zero attached hydrogens (tertiary/aromatic N) is 3. The summed E-state index contributed by atoms with van der Waals surface area (Å²) in [5, 5.41) is 9.68. The average molecular weight is 346 g/mol. The monoisotopic (exact) mass is 346 g/mol. The Hall–Kier alpha value is -1.73. The molecule has 3 aromatic heterocycles. The SMILES string of the molecule is Cc1cnc([C@H](NC(=O)c2cc3c(C)nn(C)c3s2)C2CC2)s1. The molecule has 0 radical (unpaired) electrons. The zero-order chi connectivity index (χ0) is 16.1. The summed E-state index contributed by atoms with van der Waals surface area (Å²) < 4.78 is 1.84. The lowest BCUT2D eigenvalue weighted by Gasteiger charge is -2.15. The van der Waals surface area contributed by atoms with Gasteiger partial charge in [0, 0.05) is 23.5 Å². The number of thiazole rings is 1. The van der Waals surface area contributed by atoms with Crippen molar-refractivity contribution in [1.82, 2.24) is 20.1 Å². The molecule has 3 heterocycles. The Morgan fingerprint density at radius 1 is 1.39 bits per heavy atom. The predicted octanol–water partition coefficient (Wildman–Crippen LogP) is 3.59. The van der Waals surface area contributed by atoms with Crippen LogP contribution in [0, 0.1) is 19.8 Å². The molecule has 1 amide bonds. The Balaban J connectivity index is 1.60. The number of nitrogens with one attached hydrogen (secondary N) is 1. The second-order valence-corrected chi connectivity index (χ2v) is 8.43. The zero-order valence-corrected chi connectivity index (χ0v) is 14.9. The van der Waals surface area contributed by atoms with Gasteiger partial charge in [-0.25, -0.2) is 4.98 Å². The van der Waals surface area contributed by atoms with Gasteiger partial charge in [-0.2, -0.15) is 5.10 Å². The van der Waals surface area contributed by atoms with Crippen molar-refractivity contribution in [1.29, 1.82) is 0 Å². The third-order valence-electron chi connectivity index (χ3n) is 4.21. The van der Waals surface area contributed by atoms with Crippen LogP contribution in [-0.2, 0) is 7.05 Å². The molecule has 0 aliphatic heterocycles. The van der Waals surface area contributed by atoms with Gasteiger partial charge in [-0.1, -0.05) is 0 Å². The van der Waals surface area contributed by atoms with E-state index in [0.29, 0.717) is 5.92 Å². The first kappa shape index (κ1) is 14.8. The second kappa shape index (κ2) is 5.42. The predicted molar refractivity (Wildman–Crippen MR) is 93.1 cm³/mol. The van der Waals surface area contributed by atoms with E-state index in [9.17, 15) is 4.79 Å². The topological polar surface area (TPSA) is 59.8 Å². The summed E-state index contributed by atoms with van der Waals surface area (Å²) in [5.41, 5.74) is 0.965. The lowest BCUT2D eigenvalue weighted by molar-refractivity contribution is 0.0936. The van der Waals surface area contributed by atoms with E-state index in [0.717, 1.165) is 25.8 Å². The van der Waals surface area contributed by atoms with Crippen molar-refractivity contribution < 1.29 is 4.79 Å². The fourth-order valence-corrected chi connectivity index (χ4v) is 4.80. The number of carbonyl (C=O) groups excluding carboxylic acids is 1. The molecule has 7 heteroatoms. The molecule has 0 saturated heterocycles. The van der Waals surface area contributed by atoms with Gasteiger partial charge in [0.05, 0.1) is 16.6 Å². The van der Waals surface area contributed by atoms with E-state index in [-0.39, 0.29) is 11.9 Å². The van der Waals surface area contributed by atoms with Crippen LogP contribution in [0.4, 0.5) is 0 Å². The summed E-state index contributed by atoms with van der Waals surface area (Å²) >= 11 is 3.18. The normalized spacial score (nSPS) is 16.0. The van der Waals surface area contributed by atoms with Crippen molar-refractivity contribution in [3.05, 3.63) is 32.7 Å². The van der Waals surface area contributed by atoms with E-state index in [4.69, 9.17) is 0 Å². The highest BCUT2D eigenvalue weighted by Gasteiger charge is 2.35. The molecule has 1 aliphatic rings. The maximum Gasteiger partial charge on any atom is 0.262 e. The molecule has 1 aliphatic carbocycles. The minimum Gasteiger partial charge on any atom is -0.342 e. The highest BCUT2D eigenvalue weighted by molar-refractivity contribution is 7.20. The van der Waals surface area contributed by atoms with E-state index in [1.807, 2.05) is 30.9 Å². The summed E-state index contributed by atoms with van der Waals surface area (Å²) in [4.78, 5) is 20.2. The van der Waals surface area contributed by atoms with Gasteiger partial charge in [0.15, 0.2) is 0 Å². The van der Waals surface area contributed by atoms with Crippen molar-refractivity contribution in [3.63, 3.8) is 0 Å². The van der Waals surface area contributed by atoms with Gasteiger partial charge in [-0.05, 0) is 38.7 Å². The lowest BCUT2D eigenvalue weighted by atomic mass is 10.2. The molecule has 1 atom stereocenters. The lowest BCUT2D eigenvalue weighted by Crippen LogP contribution is -2.29. The quantitative estimate of drug-likeness (QED) is 0.785. The molecule has 1 N–H and O–H groups in total. The van der Waals surface area contributed by atoms with E-state index in [1.165, 1.54) is 29.1 Å². The molecule has 4 rings (SSSR count). The van der Waals surface area contributed by atoms with Crippen LogP contribution in [0.1, 0.15) is 44.1 Å². The molecule has 3 aromatic rings. The first-order valence-electron chi connectivity index (χ1n) is 7.69. The first-order chi connectivity index (χ1) is 11.0. The van der Waals surface area contributed by atoms with E-state index >= 15 is 0 Å². The van der Waals surface area contributed by atoms with Crippen LogP contribution in [0.15, 0.2) is 12.3 Å². The zero-order valence-electron chi connectivity index (χ0n) is 13.3. The molecule has 0 unspecified atom stereocenters. The number of hydrogen-bond donors (Lipinski definition) is 1. The van der Waals surface area contributed by atoms with E-state index < -0.39 is 0 Å². The van der Waals surface area contributed by atoms with Gasteiger partial charge < -0.3 is 5.32 Å². The third kappa shape index (κ3) is 2.68. The van der Waals surface area contributed by atoms with Gasteiger partial charge in [-0.3, -0.25) is 9.48 Å².